The first-order valence-electron chi connectivity index (χ1n) is 9.05. The number of benzene rings is 2. The van der Waals surface area contributed by atoms with Crippen LogP contribution in [0.2, 0.25) is 0 Å². The number of hydrogen-bond acceptors (Lipinski definition) is 7. The molecule has 1 aliphatic rings. The third-order valence-corrected chi connectivity index (χ3v) is 4.92. The van der Waals surface area contributed by atoms with Crippen LogP contribution < -0.4 is 14.2 Å². The first-order chi connectivity index (χ1) is 14.3. The van der Waals surface area contributed by atoms with E-state index >= 15 is 0 Å². The van der Waals surface area contributed by atoms with E-state index in [0.29, 0.717) is 28.2 Å². The number of phenols is 1. The lowest BCUT2D eigenvalue weighted by molar-refractivity contribution is -0.144. The van der Waals surface area contributed by atoms with Crippen LogP contribution in [0, 0.1) is 0 Å². The van der Waals surface area contributed by atoms with E-state index in [1.165, 1.54) is 40.4 Å². The Morgan fingerprint density at radius 3 is 2.37 bits per heavy atom. The maximum Gasteiger partial charge on any atom is 0.331 e. The third kappa shape index (κ3) is 3.76. The number of hydrogen-bond donors (Lipinski definition) is 2. The fourth-order valence-electron chi connectivity index (χ4n) is 3.42. The summed E-state index contributed by atoms with van der Waals surface area (Å²) >= 11 is 0. The summed E-state index contributed by atoms with van der Waals surface area (Å²) in [6.07, 6.45) is 0.728. The number of aliphatic carboxylic acids is 1. The molecule has 1 heterocycles. The van der Waals surface area contributed by atoms with E-state index in [2.05, 4.69) is 0 Å². The number of methoxy groups -OCH3 is 3. The Morgan fingerprint density at radius 1 is 1.07 bits per heavy atom. The summed E-state index contributed by atoms with van der Waals surface area (Å²) in [6.45, 7) is 1.47. The van der Waals surface area contributed by atoms with Crippen molar-refractivity contribution in [1.29, 1.82) is 0 Å². The van der Waals surface area contributed by atoms with E-state index < -0.39 is 24.0 Å². The Bertz CT molecular complexity index is 1020. The van der Waals surface area contributed by atoms with Crippen LogP contribution >= 0.6 is 0 Å². The van der Waals surface area contributed by atoms with Crippen LogP contribution in [0.25, 0.3) is 6.08 Å². The summed E-state index contributed by atoms with van der Waals surface area (Å²) in [5.41, 5.74) is 1.79. The van der Waals surface area contributed by atoms with Gasteiger partial charge in [-0.2, -0.15) is 0 Å². The van der Waals surface area contributed by atoms with Crippen LogP contribution in [0.5, 0.6) is 23.0 Å². The van der Waals surface area contributed by atoms with Gasteiger partial charge >= 0.3 is 11.9 Å². The lowest BCUT2D eigenvalue weighted by atomic mass is 9.89. The van der Waals surface area contributed by atoms with Crippen molar-refractivity contribution >= 4 is 18.0 Å². The minimum Gasteiger partial charge on any atom is -0.504 e. The average molecular weight is 414 g/mol. The summed E-state index contributed by atoms with van der Waals surface area (Å²) in [7, 11) is 4.16. The quantitative estimate of drug-likeness (QED) is 0.547. The molecule has 0 saturated heterocycles. The standard InChI is InChI=1S/C22H22O8/c1-11(21(24)25)7-12-8-14-18(22(26)29-4)19(30-20(14)17(9-12)28-3)13-5-6-15(23)16(10-13)27-2/h5-10,18-19,23H,1-4H3,(H,24,25). The molecule has 0 aromatic heterocycles. The SMILES string of the molecule is COC(=O)C1c2cc(C=C(C)C(=O)O)cc(OC)c2OC1c1ccc(O)c(OC)c1. The highest BCUT2D eigenvalue weighted by atomic mass is 16.5. The molecule has 158 valence electrons. The minimum atomic E-state index is -1.05. The largest absolute Gasteiger partial charge is 0.504 e. The number of carboxylic acid groups (broad SMARTS) is 1. The number of rotatable bonds is 6. The van der Waals surface area contributed by atoms with Gasteiger partial charge < -0.3 is 29.2 Å². The predicted octanol–water partition coefficient (Wildman–Crippen LogP) is 3.29. The number of fused-ring (bicyclic) bond motifs is 1. The Hall–Kier alpha value is -3.68. The molecule has 0 saturated carbocycles. The highest BCUT2D eigenvalue weighted by Crippen LogP contribution is 2.52. The minimum absolute atomic E-state index is 0.0412. The number of carboxylic acids is 1. The van der Waals surface area contributed by atoms with Crippen molar-refractivity contribution in [1.82, 2.24) is 0 Å². The van der Waals surface area contributed by atoms with Gasteiger partial charge in [-0.05, 0) is 48.4 Å². The second kappa shape index (κ2) is 8.36. The van der Waals surface area contributed by atoms with Crippen molar-refractivity contribution in [3.8, 4) is 23.0 Å². The van der Waals surface area contributed by atoms with Gasteiger partial charge in [-0.25, -0.2) is 4.79 Å². The van der Waals surface area contributed by atoms with E-state index in [9.17, 15) is 19.8 Å². The van der Waals surface area contributed by atoms with Gasteiger partial charge in [0.1, 0.15) is 12.0 Å². The van der Waals surface area contributed by atoms with E-state index in [1.807, 2.05) is 0 Å². The van der Waals surface area contributed by atoms with Gasteiger partial charge in [-0.1, -0.05) is 6.07 Å². The fourth-order valence-corrected chi connectivity index (χ4v) is 3.42. The van der Waals surface area contributed by atoms with Crippen molar-refractivity contribution in [2.24, 2.45) is 0 Å². The molecular weight excluding hydrogens is 392 g/mol. The highest BCUT2D eigenvalue weighted by molar-refractivity contribution is 5.92. The Balaban J connectivity index is 2.15. The number of carbonyl (C=O) groups is 2. The number of ether oxygens (including phenoxy) is 4. The molecule has 2 aromatic rings. The Kier molecular flexibility index (Phi) is 5.86. The Morgan fingerprint density at radius 2 is 1.77 bits per heavy atom. The second-order valence-corrected chi connectivity index (χ2v) is 6.74. The van der Waals surface area contributed by atoms with Gasteiger partial charge in [0.15, 0.2) is 23.0 Å². The number of phenolic OH excluding ortho intramolecular Hbond substituents is 1. The van der Waals surface area contributed by atoms with Gasteiger partial charge in [0.2, 0.25) is 0 Å². The normalized spacial score (nSPS) is 17.7. The van der Waals surface area contributed by atoms with E-state index in [0.717, 1.165) is 0 Å². The fraction of sp³-hybridized carbons (Fsp3) is 0.273. The van der Waals surface area contributed by atoms with Crippen molar-refractivity contribution in [2.75, 3.05) is 21.3 Å². The maximum absolute atomic E-state index is 12.7. The molecule has 0 aliphatic carbocycles. The van der Waals surface area contributed by atoms with Gasteiger partial charge in [-0.3, -0.25) is 4.79 Å². The molecule has 0 amide bonds. The first-order valence-corrected chi connectivity index (χ1v) is 9.05. The van der Waals surface area contributed by atoms with Gasteiger partial charge in [-0.15, -0.1) is 0 Å². The van der Waals surface area contributed by atoms with Gasteiger partial charge in [0.05, 0.1) is 21.3 Å². The average Bonchev–Trinajstić information content (AvgIpc) is 3.12. The van der Waals surface area contributed by atoms with Crippen molar-refractivity contribution in [3.63, 3.8) is 0 Å². The monoisotopic (exact) mass is 414 g/mol. The van der Waals surface area contributed by atoms with Crippen molar-refractivity contribution in [2.45, 2.75) is 18.9 Å². The van der Waals surface area contributed by atoms with Crippen LogP contribution in [0.15, 0.2) is 35.9 Å². The predicted molar refractivity (Wildman–Crippen MR) is 107 cm³/mol. The zero-order chi connectivity index (χ0) is 22.0. The van der Waals surface area contributed by atoms with Crippen molar-refractivity contribution < 1.29 is 38.7 Å². The van der Waals surface area contributed by atoms with Gasteiger partial charge in [0.25, 0.3) is 0 Å². The molecule has 30 heavy (non-hydrogen) atoms. The van der Waals surface area contributed by atoms with Crippen LogP contribution in [0.3, 0.4) is 0 Å². The van der Waals surface area contributed by atoms with E-state index in [4.69, 9.17) is 18.9 Å². The van der Waals surface area contributed by atoms with E-state index in [1.54, 1.807) is 24.3 Å². The number of carbonyl (C=O) groups excluding carboxylic acids is 1. The first kappa shape index (κ1) is 21.0. The summed E-state index contributed by atoms with van der Waals surface area (Å²) in [4.78, 5) is 23.9. The van der Waals surface area contributed by atoms with Crippen LogP contribution in [0.4, 0.5) is 0 Å². The molecule has 2 unspecified atom stereocenters. The third-order valence-electron chi connectivity index (χ3n) is 4.92. The zero-order valence-corrected chi connectivity index (χ0v) is 17.0. The molecule has 8 nitrogen and oxygen atoms in total. The number of esters is 1. The maximum atomic E-state index is 12.7. The second-order valence-electron chi connectivity index (χ2n) is 6.74. The number of aromatic hydroxyl groups is 1. The topological polar surface area (TPSA) is 112 Å². The summed E-state index contributed by atoms with van der Waals surface area (Å²) in [5.74, 6) is -1.47. The van der Waals surface area contributed by atoms with Crippen molar-refractivity contribution in [3.05, 3.63) is 52.6 Å². The smallest absolute Gasteiger partial charge is 0.331 e. The summed E-state index contributed by atoms with van der Waals surface area (Å²) < 4.78 is 21.7. The molecule has 2 N–H and O–H groups in total. The summed E-state index contributed by atoms with van der Waals surface area (Å²) in [6, 6.07) is 8.00. The lowest BCUT2D eigenvalue weighted by Crippen LogP contribution is -2.20. The lowest BCUT2D eigenvalue weighted by Gasteiger charge is -2.18. The van der Waals surface area contributed by atoms with Crippen LogP contribution in [0.1, 0.15) is 35.6 Å². The van der Waals surface area contributed by atoms with Gasteiger partial charge in [0, 0.05) is 11.1 Å². The Labute approximate surface area is 173 Å². The molecule has 2 aromatic carbocycles. The molecule has 0 radical (unpaired) electrons. The molecule has 0 bridgehead atoms. The molecular formula is C22H22O8. The molecule has 8 heteroatoms. The van der Waals surface area contributed by atoms with Crippen LogP contribution in [-0.2, 0) is 14.3 Å². The van der Waals surface area contributed by atoms with Crippen LogP contribution in [-0.4, -0.2) is 43.5 Å². The molecule has 2 atom stereocenters. The molecule has 3 rings (SSSR count). The zero-order valence-electron chi connectivity index (χ0n) is 17.0. The molecule has 0 spiro atoms. The molecule has 0 fully saturated rings. The van der Waals surface area contributed by atoms with E-state index in [-0.39, 0.29) is 17.1 Å². The summed E-state index contributed by atoms with van der Waals surface area (Å²) in [5, 5.41) is 19.1. The molecule has 1 aliphatic heterocycles. The highest BCUT2D eigenvalue weighted by Gasteiger charge is 2.43.